The highest BCUT2D eigenvalue weighted by molar-refractivity contribution is 5.71. The highest BCUT2D eigenvalue weighted by atomic mass is 16.5. The van der Waals surface area contributed by atoms with Crippen LogP contribution in [0.1, 0.15) is 13.8 Å². The number of morpholine rings is 1. The van der Waals surface area contributed by atoms with Gasteiger partial charge in [0.05, 0.1) is 25.9 Å². The van der Waals surface area contributed by atoms with E-state index >= 15 is 0 Å². The molecule has 0 spiro atoms. The number of ether oxygens (including phenoxy) is 2. The van der Waals surface area contributed by atoms with Crippen LogP contribution in [0.25, 0.3) is 0 Å². The van der Waals surface area contributed by atoms with Crippen molar-refractivity contribution in [2.45, 2.75) is 20.0 Å². The number of rotatable bonds is 8. The molecule has 19 heavy (non-hydrogen) atoms. The monoisotopic (exact) mass is 270 g/mol. The summed E-state index contributed by atoms with van der Waals surface area (Å²) in [6.07, 6.45) is 1.96. The first-order chi connectivity index (χ1) is 9.19. The maximum Gasteiger partial charge on any atom is 0.320 e. The summed E-state index contributed by atoms with van der Waals surface area (Å²) in [5.74, 6) is -0.187. The summed E-state index contributed by atoms with van der Waals surface area (Å²) in [6, 6.07) is 0. The van der Waals surface area contributed by atoms with Gasteiger partial charge in [-0.3, -0.25) is 14.6 Å². The second kappa shape index (κ2) is 9.07. The molecule has 0 aliphatic carbocycles. The fourth-order valence-electron chi connectivity index (χ4n) is 2.24. The third-order valence-corrected chi connectivity index (χ3v) is 3.18. The second-order valence-corrected chi connectivity index (χ2v) is 4.67. The van der Waals surface area contributed by atoms with Gasteiger partial charge in [0.15, 0.2) is 0 Å². The van der Waals surface area contributed by atoms with E-state index in [1.807, 2.05) is 11.8 Å². The Morgan fingerprint density at radius 3 is 3.00 bits per heavy atom. The van der Waals surface area contributed by atoms with Crippen molar-refractivity contribution in [3.05, 3.63) is 12.7 Å². The van der Waals surface area contributed by atoms with E-state index in [-0.39, 0.29) is 12.1 Å². The zero-order valence-corrected chi connectivity index (χ0v) is 12.1. The number of likely N-dealkylation sites (N-methyl/N-ethyl adjacent to an activating group) is 1. The minimum Gasteiger partial charge on any atom is -0.465 e. The third kappa shape index (κ3) is 6.18. The Morgan fingerprint density at radius 2 is 2.37 bits per heavy atom. The maximum absolute atomic E-state index is 11.5. The van der Waals surface area contributed by atoms with Crippen LogP contribution < -0.4 is 0 Å². The van der Waals surface area contributed by atoms with Crippen molar-refractivity contribution in [1.29, 1.82) is 0 Å². The van der Waals surface area contributed by atoms with Crippen LogP contribution in [0.4, 0.5) is 0 Å². The Bertz CT molecular complexity index is 284. The average Bonchev–Trinajstić information content (AvgIpc) is 2.39. The van der Waals surface area contributed by atoms with E-state index in [1.54, 1.807) is 6.08 Å². The Morgan fingerprint density at radius 1 is 1.58 bits per heavy atom. The highest BCUT2D eigenvalue weighted by Gasteiger charge is 2.22. The van der Waals surface area contributed by atoms with Crippen molar-refractivity contribution in [2.24, 2.45) is 0 Å². The molecule has 1 aliphatic rings. The molecule has 5 heteroatoms. The summed E-state index contributed by atoms with van der Waals surface area (Å²) in [5, 5.41) is 0. The van der Waals surface area contributed by atoms with E-state index in [2.05, 4.69) is 18.4 Å². The Labute approximate surface area is 116 Å². The van der Waals surface area contributed by atoms with Gasteiger partial charge >= 0.3 is 5.97 Å². The lowest BCUT2D eigenvalue weighted by Crippen LogP contribution is -2.48. The molecular formula is C14H26N2O3. The normalized spacial score (nSPS) is 20.5. The van der Waals surface area contributed by atoms with Crippen molar-refractivity contribution >= 4 is 5.97 Å². The molecule has 1 fully saturated rings. The topological polar surface area (TPSA) is 42.0 Å². The van der Waals surface area contributed by atoms with E-state index in [9.17, 15) is 4.79 Å². The summed E-state index contributed by atoms with van der Waals surface area (Å²) in [7, 11) is 0. The van der Waals surface area contributed by atoms with Gasteiger partial charge < -0.3 is 9.47 Å². The van der Waals surface area contributed by atoms with Gasteiger partial charge in [0, 0.05) is 26.2 Å². The standard InChI is InChI=1S/C14H26N2O3/c1-4-7-16(12-14(17)18-6-3)11-13-10-15(5-2)8-9-19-13/h4,13H,1,5-12H2,2-3H3. The number of esters is 1. The molecule has 1 heterocycles. The molecule has 1 rings (SSSR count). The number of nitrogens with zero attached hydrogens (tertiary/aromatic N) is 2. The molecule has 0 aromatic carbocycles. The van der Waals surface area contributed by atoms with Crippen LogP contribution in [0.3, 0.4) is 0 Å². The minimum atomic E-state index is -0.187. The molecule has 0 aromatic heterocycles. The third-order valence-electron chi connectivity index (χ3n) is 3.18. The van der Waals surface area contributed by atoms with Crippen molar-refractivity contribution in [3.63, 3.8) is 0 Å². The summed E-state index contributed by atoms with van der Waals surface area (Å²) < 4.78 is 10.7. The summed E-state index contributed by atoms with van der Waals surface area (Å²) in [6.45, 7) is 13.6. The molecule has 0 bridgehead atoms. The van der Waals surface area contributed by atoms with E-state index in [0.717, 1.165) is 32.8 Å². The molecule has 110 valence electrons. The molecule has 0 aromatic rings. The summed E-state index contributed by atoms with van der Waals surface area (Å²) in [4.78, 5) is 15.9. The summed E-state index contributed by atoms with van der Waals surface area (Å²) >= 11 is 0. The molecule has 5 nitrogen and oxygen atoms in total. The predicted octanol–water partition coefficient (Wildman–Crippen LogP) is 0.758. The van der Waals surface area contributed by atoms with E-state index < -0.39 is 0 Å². The van der Waals surface area contributed by atoms with Crippen LogP contribution in [0.15, 0.2) is 12.7 Å². The van der Waals surface area contributed by atoms with Crippen molar-refractivity contribution in [1.82, 2.24) is 9.80 Å². The number of carbonyl (C=O) groups excluding carboxylic acids is 1. The van der Waals surface area contributed by atoms with Gasteiger partial charge in [0.2, 0.25) is 0 Å². The van der Waals surface area contributed by atoms with Gasteiger partial charge in [-0.05, 0) is 13.5 Å². The van der Waals surface area contributed by atoms with Crippen molar-refractivity contribution in [2.75, 3.05) is 52.5 Å². The Hall–Kier alpha value is -0.910. The van der Waals surface area contributed by atoms with Gasteiger partial charge in [-0.1, -0.05) is 13.0 Å². The van der Waals surface area contributed by atoms with Crippen LogP contribution in [0.5, 0.6) is 0 Å². The average molecular weight is 270 g/mol. The fourth-order valence-corrected chi connectivity index (χ4v) is 2.24. The lowest BCUT2D eigenvalue weighted by Gasteiger charge is -2.34. The van der Waals surface area contributed by atoms with Gasteiger partial charge in [0.25, 0.3) is 0 Å². The van der Waals surface area contributed by atoms with E-state index in [4.69, 9.17) is 9.47 Å². The molecule has 0 amide bonds. The smallest absolute Gasteiger partial charge is 0.320 e. The van der Waals surface area contributed by atoms with Gasteiger partial charge in [-0.15, -0.1) is 6.58 Å². The number of hydrogen-bond donors (Lipinski definition) is 0. The molecule has 1 unspecified atom stereocenters. The minimum absolute atomic E-state index is 0.156. The van der Waals surface area contributed by atoms with Crippen molar-refractivity contribution in [3.8, 4) is 0 Å². The first-order valence-electron chi connectivity index (χ1n) is 7.02. The fraction of sp³-hybridized carbons (Fsp3) is 0.786. The van der Waals surface area contributed by atoms with Gasteiger partial charge in [-0.2, -0.15) is 0 Å². The zero-order chi connectivity index (χ0) is 14.1. The lowest BCUT2D eigenvalue weighted by molar-refractivity contribution is -0.145. The lowest BCUT2D eigenvalue weighted by atomic mass is 10.2. The largest absolute Gasteiger partial charge is 0.465 e. The number of carbonyl (C=O) groups is 1. The van der Waals surface area contributed by atoms with Crippen LogP contribution in [0.2, 0.25) is 0 Å². The quantitative estimate of drug-likeness (QED) is 0.481. The molecule has 0 N–H and O–H groups in total. The highest BCUT2D eigenvalue weighted by Crippen LogP contribution is 2.07. The van der Waals surface area contributed by atoms with E-state index in [1.165, 1.54) is 0 Å². The van der Waals surface area contributed by atoms with E-state index in [0.29, 0.717) is 19.7 Å². The van der Waals surface area contributed by atoms with Gasteiger partial charge in [0.1, 0.15) is 0 Å². The van der Waals surface area contributed by atoms with Crippen LogP contribution in [0, 0.1) is 0 Å². The van der Waals surface area contributed by atoms with Crippen molar-refractivity contribution < 1.29 is 14.3 Å². The van der Waals surface area contributed by atoms with Crippen LogP contribution in [-0.4, -0.2) is 74.4 Å². The molecule has 0 radical (unpaired) electrons. The molecule has 1 aliphatic heterocycles. The predicted molar refractivity (Wildman–Crippen MR) is 75.1 cm³/mol. The zero-order valence-electron chi connectivity index (χ0n) is 12.1. The summed E-state index contributed by atoms with van der Waals surface area (Å²) in [5.41, 5.74) is 0. The Balaban J connectivity index is 2.43. The van der Waals surface area contributed by atoms with Gasteiger partial charge in [-0.25, -0.2) is 0 Å². The molecule has 1 saturated heterocycles. The SMILES string of the molecule is C=CCN(CC(=O)OCC)CC1CN(CC)CCO1. The molecular weight excluding hydrogens is 244 g/mol. The molecule has 1 atom stereocenters. The maximum atomic E-state index is 11.5. The van der Waals surface area contributed by atoms with Crippen LogP contribution >= 0.6 is 0 Å². The Kier molecular flexibility index (Phi) is 7.70. The molecule has 0 saturated carbocycles. The first kappa shape index (κ1) is 16.1. The first-order valence-corrected chi connectivity index (χ1v) is 7.02. The van der Waals surface area contributed by atoms with Crippen LogP contribution in [-0.2, 0) is 14.3 Å². The number of hydrogen-bond acceptors (Lipinski definition) is 5. The second-order valence-electron chi connectivity index (χ2n) is 4.67.